The molecule has 19 heavy (non-hydrogen) atoms. The van der Waals surface area contributed by atoms with Gasteiger partial charge < -0.3 is 20.2 Å². The average molecular weight is 273 g/mol. The number of unbranched alkanes of at least 4 members (excludes halogenated alkanes) is 4. The lowest BCUT2D eigenvalue weighted by molar-refractivity contribution is -0.00466. The van der Waals surface area contributed by atoms with Crippen LogP contribution in [-0.4, -0.2) is 58.7 Å². The molecule has 4 heteroatoms. The topological polar surface area (TPSA) is 63.9 Å². The van der Waals surface area contributed by atoms with Crippen molar-refractivity contribution in [1.82, 2.24) is 4.90 Å². The fourth-order valence-electron chi connectivity index (χ4n) is 2.76. The molecule has 0 aromatic carbocycles. The van der Waals surface area contributed by atoms with E-state index in [-0.39, 0.29) is 6.61 Å². The lowest BCUT2D eigenvalue weighted by Crippen LogP contribution is -2.38. The van der Waals surface area contributed by atoms with Gasteiger partial charge in [-0.2, -0.15) is 0 Å². The van der Waals surface area contributed by atoms with E-state index in [0.717, 1.165) is 32.4 Å². The zero-order valence-electron chi connectivity index (χ0n) is 12.3. The number of rotatable bonds is 10. The molecule has 0 radical (unpaired) electrons. The molecular weight excluding hydrogens is 242 g/mol. The van der Waals surface area contributed by atoms with Crippen molar-refractivity contribution in [3.8, 4) is 0 Å². The second-order valence-electron chi connectivity index (χ2n) is 5.93. The van der Waals surface area contributed by atoms with E-state index in [1.165, 1.54) is 19.3 Å². The number of likely N-dealkylation sites (tertiary alicyclic amines) is 1. The zero-order chi connectivity index (χ0) is 14.1. The number of nitrogens with zero attached hydrogens (tertiary/aromatic N) is 1. The van der Waals surface area contributed by atoms with Gasteiger partial charge in [-0.1, -0.05) is 39.0 Å². The molecule has 3 atom stereocenters. The third-order valence-electron chi connectivity index (χ3n) is 4.12. The Bertz CT molecular complexity index is 225. The Morgan fingerprint density at radius 1 is 1.11 bits per heavy atom. The molecule has 1 fully saturated rings. The summed E-state index contributed by atoms with van der Waals surface area (Å²) in [6.07, 6.45) is 6.30. The molecule has 0 amide bonds. The number of β-amino-alcohol motifs (C(OH)–C–C–N with tert-alkyl or cyclic N) is 1. The molecule has 114 valence electrons. The van der Waals surface area contributed by atoms with Gasteiger partial charge in [-0.05, 0) is 25.3 Å². The van der Waals surface area contributed by atoms with Crippen LogP contribution in [-0.2, 0) is 0 Å². The van der Waals surface area contributed by atoms with Crippen molar-refractivity contribution in [3.63, 3.8) is 0 Å². The van der Waals surface area contributed by atoms with E-state index in [1.807, 2.05) is 0 Å². The SMILES string of the molecule is CCCCCCC[C@H](O)[C@H](O)CN1CC[C@H](CO)C1. The van der Waals surface area contributed by atoms with Gasteiger partial charge in [0.1, 0.15) is 0 Å². The molecule has 0 aromatic heterocycles. The van der Waals surface area contributed by atoms with Crippen molar-refractivity contribution in [2.45, 2.75) is 64.1 Å². The highest BCUT2D eigenvalue weighted by atomic mass is 16.3. The molecule has 0 aliphatic carbocycles. The fraction of sp³-hybridized carbons (Fsp3) is 1.00. The number of hydrogen-bond acceptors (Lipinski definition) is 4. The van der Waals surface area contributed by atoms with E-state index in [4.69, 9.17) is 5.11 Å². The predicted molar refractivity (Wildman–Crippen MR) is 77.0 cm³/mol. The van der Waals surface area contributed by atoms with Crippen LogP contribution in [0.2, 0.25) is 0 Å². The maximum atomic E-state index is 9.99. The predicted octanol–water partition coefficient (Wildman–Crippen LogP) is 1.38. The van der Waals surface area contributed by atoms with Gasteiger partial charge in [-0.25, -0.2) is 0 Å². The Balaban J connectivity index is 2.09. The maximum Gasteiger partial charge on any atom is 0.0925 e. The Morgan fingerprint density at radius 2 is 1.84 bits per heavy atom. The summed E-state index contributed by atoms with van der Waals surface area (Å²) in [7, 11) is 0. The van der Waals surface area contributed by atoms with Crippen molar-refractivity contribution in [2.75, 3.05) is 26.2 Å². The fourth-order valence-corrected chi connectivity index (χ4v) is 2.76. The second kappa shape index (κ2) is 9.70. The van der Waals surface area contributed by atoms with Crippen LogP contribution in [0.5, 0.6) is 0 Å². The Hall–Kier alpha value is -0.160. The molecule has 1 aliphatic heterocycles. The average Bonchev–Trinajstić information content (AvgIpc) is 2.85. The molecule has 4 nitrogen and oxygen atoms in total. The third-order valence-corrected chi connectivity index (χ3v) is 4.12. The molecule has 0 spiro atoms. The molecule has 0 aromatic rings. The van der Waals surface area contributed by atoms with E-state index in [0.29, 0.717) is 18.9 Å². The van der Waals surface area contributed by atoms with Gasteiger partial charge in [0.2, 0.25) is 0 Å². The van der Waals surface area contributed by atoms with Gasteiger partial charge in [0.15, 0.2) is 0 Å². The zero-order valence-corrected chi connectivity index (χ0v) is 12.3. The third kappa shape index (κ3) is 6.70. The molecule has 3 N–H and O–H groups in total. The van der Waals surface area contributed by atoms with Crippen molar-refractivity contribution >= 4 is 0 Å². The van der Waals surface area contributed by atoms with Gasteiger partial charge in [-0.15, -0.1) is 0 Å². The smallest absolute Gasteiger partial charge is 0.0925 e. The summed E-state index contributed by atoms with van der Waals surface area (Å²) >= 11 is 0. The normalized spacial score (nSPS) is 23.7. The summed E-state index contributed by atoms with van der Waals surface area (Å²) < 4.78 is 0. The van der Waals surface area contributed by atoms with Crippen LogP contribution in [0.15, 0.2) is 0 Å². The Kier molecular flexibility index (Phi) is 8.62. The second-order valence-corrected chi connectivity index (χ2v) is 5.93. The maximum absolute atomic E-state index is 9.99. The van der Waals surface area contributed by atoms with Gasteiger partial charge in [-0.3, -0.25) is 0 Å². The van der Waals surface area contributed by atoms with Crippen LogP contribution in [0, 0.1) is 5.92 Å². The first-order valence-electron chi connectivity index (χ1n) is 7.86. The minimum Gasteiger partial charge on any atom is -0.396 e. The first-order valence-corrected chi connectivity index (χ1v) is 7.86. The summed E-state index contributed by atoms with van der Waals surface area (Å²) in [4.78, 5) is 2.14. The van der Waals surface area contributed by atoms with E-state index in [1.54, 1.807) is 0 Å². The molecule has 1 aliphatic rings. The first kappa shape index (κ1) is 16.9. The van der Waals surface area contributed by atoms with Gasteiger partial charge in [0.05, 0.1) is 12.2 Å². The standard InChI is InChI=1S/C15H31NO3/c1-2-3-4-5-6-7-14(18)15(19)11-16-9-8-13(10-16)12-17/h13-15,17-19H,2-12H2,1H3/t13-,14-,15+/m0/s1. The molecular formula is C15H31NO3. The number of aliphatic hydroxyl groups is 3. The lowest BCUT2D eigenvalue weighted by atomic mass is 10.0. The van der Waals surface area contributed by atoms with E-state index >= 15 is 0 Å². The van der Waals surface area contributed by atoms with Crippen molar-refractivity contribution in [1.29, 1.82) is 0 Å². The van der Waals surface area contributed by atoms with Crippen LogP contribution in [0.3, 0.4) is 0 Å². The highest BCUT2D eigenvalue weighted by Crippen LogP contribution is 2.17. The summed E-state index contributed by atoms with van der Waals surface area (Å²) in [6, 6.07) is 0. The van der Waals surface area contributed by atoms with E-state index < -0.39 is 12.2 Å². The van der Waals surface area contributed by atoms with Gasteiger partial charge >= 0.3 is 0 Å². The van der Waals surface area contributed by atoms with Crippen molar-refractivity contribution in [2.24, 2.45) is 5.92 Å². The number of hydrogen-bond donors (Lipinski definition) is 3. The van der Waals surface area contributed by atoms with E-state index in [9.17, 15) is 10.2 Å². The molecule has 0 unspecified atom stereocenters. The molecule has 1 saturated heterocycles. The molecule has 0 bridgehead atoms. The van der Waals surface area contributed by atoms with Crippen LogP contribution < -0.4 is 0 Å². The largest absolute Gasteiger partial charge is 0.396 e. The highest BCUT2D eigenvalue weighted by molar-refractivity contribution is 4.79. The highest BCUT2D eigenvalue weighted by Gasteiger charge is 2.25. The first-order chi connectivity index (χ1) is 9.17. The Labute approximate surface area is 117 Å². The molecule has 0 saturated carbocycles. The monoisotopic (exact) mass is 273 g/mol. The lowest BCUT2D eigenvalue weighted by Gasteiger charge is -2.23. The summed E-state index contributed by atoms with van der Waals surface area (Å²) in [5.41, 5.74) is 0. The van der Waals surface area contributed by atoms with Crippen molar-refractivity contribution < 1.29 is 15.3 Å². The molecule has 1 heterocycles. The summed E-state index contributed by atoms with van der Waals surface area (Å²) in [5.74, 6) is 0.346. The quantitative estimate of drug-likeness (QED) is 0.526. The Morgan fingerprint density at radius 3 is 2.47 bits per heavy atom. The minimum absolute atomic E-state index is 0.229. The minimum atomic E-state index is -0.649. The van der Waals surface area contributed by atoms with Crippen LogP contribution >= 0.6 is 0 Å². The van der Waals surface area contributed by atoms with Crippen LogP contribution in [0.25, 0.3) is 0 Å². The summed E-state index contributed by atoms with van der Waals surface area (Å²) in [5, 5.41) is 29.0. The number of aliphatic hydroxyl groups excluding tert-OH is 3. The van der Waals surface area contributed by atoms with Gasteiger partial charge in [0.25, 0.3) is 0 Å². The van der Waals surface area contributed by atoms with Gasteiger partial charge in [0, 0.05) is 19.7 Å². The summed E-state index contributed by atoms with van der Waals surface area (Å²) in [6.45, 7) is 4.72. The van der Waals surface area contributed by atoms with Crippen LogP contribution in [0.1, 0.15) is 51.9 Å². The molecule has 1 rings (SSSR count). The van der Waals surface area contributed by atoms with E-state index in [2.05, 4.69) is 11.8 Å². The van der Waals surface area contributed by atoms with Crippen LogP contribution in [0.4, 0.5) is 0 Å². The van der Waals surface area contributed by atoms with Crippen molar-refractivity contribution in [3.05, 3.63) is 0 Å².